The molecule has 1 atom stereocenters. The van der Waals surface area contributed by atoms with Crippen LogP contribution in [0, 0.1) is 5.92 Å². The normalized spacial score (nSPS) is 20.3. The molecule has 1 saturated heterocycles. The Morgan fingerprint density at radius 3 is 2.69 bits per heavy atom. The monoisotopic (exact) mass is 278 g/mol. The molecule has 0 saturated carbocycles. The lowest BCUT2D eigenvalue weighted by Crippen LogP contribution is -2.33. The van der Waals surface area contributed by atoms with E-state index >= 15 is 0 Å². The highest BCUT2D eigenvalue weighted by Gasteiger charge is 2.28. The van der Waals surface area contributed by atoms with E-state index in [1.807, 2.05) is 0 Å². The zero-order valence-corrected chi connectivity index (χ0v) is 10.1. The van der Waals surface area contributed by atoms with Gasteiger partial charge in [-0.25, -0.2) is 0 Å². The quantitative estimate of drug-likeness (QED) is 0.764. The van der Waals surface area contributed by atoms with E-state index in [2.05, 4.69) is 10.6 Å². The van der Waals surface area contributed by atoms with Gasteiger partial charge in [0.2, 0.25) is 5.91 Å². The van der Waals surface area contributed by atoms with Gasteiger partial charge in [-0.05, 0) is 24.7 Å². The predicted molar refractivity (Wildman–Crippen MR) is 59.7 cm³/mol. The van der Waals surface area contributed by atoms with Crippen LogP contribution in [0.4, 0.5) is 13.2 Å². The van der Waals surface area contributed by atoms with Crippen LogP contribution < -0.4 is 10.6 Å². The van der Waals surface area contributed by atoms with E-state index in [4.69, 9.17) is 0 Å². The Kier molecular flexibility index (Phi) is 7.17. The molecule has 96 valence electrons. The SMILES string of the molecule is Cl.O=C(NCCSC(F)(F)F)[C@H]1CCNC1. The van der Waals surface area contributed by atoms with E-state index in [0.29, 0.717) is 6.54 Å². The molecule has 0 bridgehead atoms. The lowest BCUT2D eigenvalue weighted by Gasteiger charge is -2.10. The van der Waals surface area contributed by atoms with Crippen molar-refractivity contribution in [2.24, 2.45) is 5.92 Å². The lowest BCUT2D eigenvalue weighted by atomic mass is 10.1. The number of rotatable bonds is 4. The van der Waals surface area contributed by atoms with Crippen LogP contribution in [0.5, 0.6) is 0 Å². The Morgan fingerprint density at radius 2 is 2.19 bits per heavy atom. The van der Waals surface area contributed by atoms with Gasteiger partial charge in [-0.1, -0.05) is 0 Å². The van der Waals surface area contributed by atoms with Crippen molar-refractivity contribution in [2.75, 3.05) is 25.4 Å². The second kappa shape index (κ2) is 7.24. The number of alkyl halides is 3. The van der Waals surface area contributed by atoms with Crippen LogP contribution in [-0.2, 0) is 4.79 Å². The first-order valence-electron chi connectivity index (χ1n) is 4.68. The average Bonchev–Trinajstić information content (AvgIpc) is 2.63. The van der Waals surface area contributed by atoms with Gasteiger partial charge < -0.3 is 10.6 Å². The van der Waals surface area contributed by atoms with E-state index in [-0.39, 0.29) is 48.3 Å². The van der Waals surface area contributed by atoms with Gasteiger partial charge in [0.1, 0.15) is 0 Å². The van der Waals surface area contributed by atoms with Crippen molar-refractivity contribution in [1.29, 1.82) is 0 Å². The Morgan fingerprint density at radius 1 is 1.50 bits per heavy atom. The van der Waals surface area contributed by atoms with E-state index < -0.39 is 5.51 Å². The highest BCUT2D eigenvalue weighted by molar-refractivity contribution is 8.00. The Bertz CT molecular complexity index is 222. The topological polar surface area (TPSA) is 41.1 Å². The van der Waals surface area contributed by atoms with Gasteiger partial charge in [0.05, 0.1) is 5.92 Å². The summed E-state index contributed by atoms with van der Waals surface area (Å²) in [4.78, 5) is 11.3. The summed E-state index contributed by atoms with van der Waals surface area (Å²) in [6.45, 7) is 1.49. The Hall–Kier alpha value is -0.140. The molecule has 1 amide bonds. The van der Waals surface area contributed by atoms with Crippen LogP contribution in [0.3, 0.4) is 0 Å². The van der Waals surface area contributed by atoms with E-state index in [9.17, 15) is 18.0 Å². The van der Waals surface area contributed by atoms with Crippen LogP contribution in [0.2, 0.25) is 0 Å². The van der Waals surface area contributed by atoms with Gasteiger partial charge in [0.15, 0.2) is 0 Å². The van der Waals surface area contributed by atoms with Gasteiger partial charge in [-0.2, -0.15) is 13.2 Å². The van der Waals surface area contributed by atoms with Crippen molar-refractivity contribution in [2.45, 2.75) is 11.9 Å². The Labute approximate surface area is 102 Å². The molecule has 0 aromatic heterocycles. The summed E-state index contributed by atoms with van der Waals surface area (Å²) in [6.07, 6.45) is 0.762. The zero-order chi connectivity index (χ0) is 11.3. The molecule has 1 aliphatic rings. The highest BCUT2D eigenvalue weighted by atomic mass is 35.5. The van der Waals surface area contributed by atoms with Crippen LogP contribution in [-0.4, -0.2) is 36.8 Å². The minimum Gasteiger partial charge on any atom is -0.355 e. The number of carbonyl (C=O) groups excluding carboxylic acids is 1. The van der Waals surface area contributed by atoms with Crippen LogP contribution in [0.15, 0.2) is 0 Å². The molecule has 1 heterocycles. The third-order valence-corrected chi connectivity index (χ3v) is 2.83. The number of amides is 1. The molecule has 0 unspecified atom stereocenters. The van der Waals surface area contributed by atoms with Gasteiger partial charge in [0, 0.05) is 18.8 Å². The summed E-state index contributed by atoms with van der Waals surface area (Å²) in [6, 6.07) is 0. The fourth-order valence-corrected chi connectivity index (χ4v) is 1.80. The molecular formula is C8H14ClF3N2OS. The van der Waals surface area contributed by atoms with Gasteiger partial charge in [-0.3, -0.25) is 4.79 Å². The number of carbonyl (C=O) groups is 1. The molecule has 0 spiro atoms. The van der Waals surface area contributed by atoms with Gasteiger partial charge in [0.25, 0.3) is 0 Å². The van der Waals surface area contributed by atoms with E-state index in [0.717, 1.165) is 13.0 Å². The summed E-state index contributed by atoms with van der Waals surface area (Å²) in [5, 5.41) is 5.52. The molecule has 1 aliphatic heterocycles. The molecule has 2 N–H and O–H groups in total. The van der Waals surface area contributed by atoms with Crippen molar-refractivity contribution in [3.63, 3.8) is 0 Å². The van der Waals surface area contributed by atoms with Crippen molar-refractivity contribution in [1.82, 2.24) is 10.6 Å². The van der Waals surface area contributed by atoms with Crippen molar-refractivity contribution < 1.29 is 18.0 Å². The standard InChI is InChI=1S/C8H13F3N2OS.ClH/c9-8(10,11)15-4-3-13-7(14)6-1-2-12-5-6;/h6,12H,1-5H2,(H,13,14);1H/t6-;/m0./s1. The smallest absolute Gasteiger partial charge is 0.355 e. The van der Waals surface area contributed by atoms with Crippen molar-refractivity contribution in [3.05, 3.63) is 0 Å². The number of halogens is 4. The maximum absolute atomic E-state index is 11.7. The lowest BCUT2D eigenvalue weighted by molar-refractivity contribution is -0.124. The van der Waals surface area contributed by atoms with E-state index in [1.165, 1.54) is 0 Å². The van der Waals surface area contributed by atoms with Crippen molar-refractivity contribution >= 4 is 30.1 Å². The third kappa shape index (κ3) is 6.44. The first-order valence-corrected chi connectivity index (χ1v) is 5.67. The number of thioether (sulfide) groups is 1. The fraction of sp³-hybridized carbons (Fsp3) is 0.875. The van der Waals surface area contributed by atoms with Crippen LogP contribution >= 0.6 is 24.2 Å². The summed E-state index contributed by atoms with van der Waals surface area (Å²) >= 11 is -0.112. The first-order chi connectivity index (χ1) is 6.99. The molecule has 3 nitrogen and oxygen atoms in total. The fourth-order valence-electron chi connectivity index (χ4n) is 1.36. The molecule has 1 fully saturated rings. The molecular weight excluding hydrogens is 265 g/mol. The molecule has 0 radical (unpaired) electrons. The van der Waals surface area contributed by atoms with Crippen LogP contribution in [0.25, 0.3) is 0 Å². The molecule has 16 heavy (non-hydrogen) atoms. The summed E-state index contributed by atoms with van der Waals surface area (Å²) in [5.41, 5.74) is -4.21. The van der Waals surface area contributed by atoms with Gasteiger partial charge >= 0.3 is 5.51 Å². The summed E-state index contributed by atoms with van der Waals surface area (Å²) in [5.74, 6) is -0.362. The molecule has 0 aromatic carbocycles. The number of hydrogen-bond donors (Lipinski definition) is 2. The Balaban J connectivity index is 0.00000225. The maximum Gasteiger partial charge on any atom is 0.441 e. The molecule has 8 heteroatoms. The molecule has 0 aliphatic carbocycles. The summed E-state index contributed by atoms with van der Waals surface area (Å²) < 4.78 is 35.2. The van der Waals surface area contributed by atoms with Crippen molar-refractivity contribution in [3.8, 4) is 0 Å². The minimum absolute atomic E-state index is 0. The predicted octanol–water partition coefficient (Wildman–Crippen LogP) is 1.39. The maximum atomic E-state index is 11.7. The number of nitrogens with one attached hydrogen (secondary N) is 2. The second-order valence-corrected chi connectivity index (χ2v) is 4.43. The summed E-state index contributed by atoms with van der Waals surface area (Å²) in [7, 11) is 0. The second-order valence-electron chi connectivity index (χ2n) is 3.27. The third-order valence-electron chi connectivity index (χ3n) is 2.10. The van der Waals surface area contributed by atoms with E-state index in [1.54, 1.807) is 0 Å². The minimum atomic E-state index is -4.21. The van der Waals surface area contributed by atoms with Gasteiger partial charge in [-0.15, -0.1) is 12.4 Å². The van der Waals surface area contributed by atoms with Crippen LogP contribution in [0.1, 0.15) is 6.42 Å². The average molecular weight is 279 g/mol. The highest BCUT2D eigenvalue weighted by Crippen LogP contribution is 2.29. The first kappa shape index (κ1) is 15.9. The largest absolute Gasteiger partial charge is 0.441 e. The number of hydrogen-bond acceptors (Lipinski definition) is 3. The molecule has 1 rings (SSSR count). The zero-order valence-electron chi connectivity index (χ0n) is 8.47. The molecule has 0 aromatic rings.